The number of anilines is 1. The molecule has 3 N–H and O–H groups in total. The van der Waals surface area contributed by atoms with Crippen LogP contribution in [0, 0.1) is 0 Å². The normalized spacial score (nSPS) is 15.0. The second-order valence-corrected chi connectivity index (χ2v) is 7.90. The highest BCUT2D eigenvalue weighted by atomic mass is 35.5. The van der Waals surface area contributed by atoms with Crippen molar-refractivity contribution in [3.05, 3.63) is 65.7 Å². The molecule has 1 atom stereocenters. The molecule has 1 saturated heterocycles. The van der Waals surface area contributed by atoms with E-state index in [1.807, 2.05) is 54.2 Å². The summed E-state index contributed by atoms with van der Waals surface area (Å²) in [4.78, 5) is 14.7. The quantitative estimate of drug-likeness (QED) is 0.677. The number of thioether (sulfide) groups is 1. The van der Waals surface area contributed by atoms with Crippen LogP contribution in [0.15, 0.2) is 54.6 Å². The molecule has 4 nitrogen and oxygen atoms in total. The van der Waals surface area contributed by atoms with Crippen molar-refractivity contribution >= 4 is 48.2 Å². The first-order valence-corrected chi connectivity index (χ1v) is 10.4. The van der Waals surface area contributed by atoms with Gasteiger partial charge in [0.2, 0.25) is 5.91 Å². The van der Waals surface area contributed by atoms with Crippen LogP contribution in [0.1, 0.15) is 23.6 Å². The van der Waals surface area contributed by atoms with Crippen molar-refractivity contribution in [2.45, 2.75) is 18.9 Å². The summed E-state index contributed by atoms with van der Waals surface area (Å²) in [5.41, 5.74) is 9.23. The Morgan fingerprint density at radius 3 is 2.32 bits per heavy atom. The minimum atomic E-state index is -0.279. The number of rotatable bonds is 7. The van der Waals surface area contributed by atoms with E-state index >= 15 is 0 Å². The Kier molecular flexibility index (Phi) is 11.6. The number of nitrogens with one attached hydrogen (secondary N) is 1. The van der Waals surface area contributed by atoms with E-state index in [2.05, 4.69) is 22.3 Å². The molecule has 0 bridgehead atoms. The summed E-state index contributed by atoms with van der Waals surface area (Å²) < 4.78 is 0. The van der Waals surface area contributed by atoms with Crippen LogP contribution in [0.2, 0.25) is 0 Å². The highest BCUT2D eigenvalue weighted by Gasteiger charge is 2.12. The summed E-state index contributed by atoms with van der Waals surface area (Å²) in [5.74, 6) is 2.44. The van der Waals surface area contributed by atoms with E-state index in [0.29, 0.717) is 0 Å². The van der Waals surface area contributed by atoms with E-state index in [-0.39, 0.29) is 43.2 Å². The predicted molar refractivity (Wildman–Crippen MR) is 125 cm³/mol. The third kappa shape index (κ3) is 8.02. The first-order chi connectivity index (χ1) is 12.7. The maximum absolute atomic E-state index is 12.2. The van der Waals surface area contributed by atoms with Crippen LogP contribution in [0.4, 0.5) is 5.69 Å². The number of halogens is 2. The van der Waals surface area contributed by atoms with Gasteiger partial charge in [-0.3, -0.25) is 4.79 Å². The molecule has 0 aromatic heterocycles. The lowest BCUT2D eigenvalue weighted by atomic mass is 10.0. The van der Waals surface area contributed by atoms with Crippen LogP contribution in [-0.2, 0) is 11.2 Å². The van der Waals surface area contributed by atoms with Gasteiger partial charge in [-0.15, -0.1) is 24.8 Å². The third-order valence-corrected chi connectivity index (χ3v) is 5.63. The van der Waals surface area contributed by atoms with Gasteiger partial charge in [0.15, 0.2) is 0 Å². The van der Waals surface area contributed by atoms with Crippen LogP contribution in [-0.4, -0.2) is 41.9 Å². The number of carbonyl (C=O) groups is 1. The highest BCUT2D eigenvalue weighted by Crippen LogP contribution is 2.16. The minimum absolute atomic E-state index is 0. The predicted octanol–water partition coefficient (Wildman–Crippen LogP) is 4.15. The molecular weight excluding hydrogens is 413 g/mol. The highest BCUT2D eigenvalue weighted by molar-refractivity contribution is 7.99. The van der Waals surface area contributed by atoms with E-state index in [1.165, 1.54) is 30.2 Å². The minimum Gasteiger partial charge on any atom is -0.326 e. The van der Waals surface area contributed by atoms with Crippen molar-refractivity contribution < 1.29 is 4.79 Å². The Morgan fingerprint density at radius 2 is 1.68 bits per heavy atom. The number of nitrogens with zero attached hydrogens (tertiary/aromatic N) is 1. The van der Waals surface area contributed by atoms with Crippen molar-refractivity contribution in [2.24, 2.45) is 5.73 Å². The summed E-state index contributed by atoms with van der Waals surface area (Å²) in [6.07, 6.45) is 1.33. The van der Waals surface area contributed by atoms with Gasteiger partial charge in [-0.2, -0.15) is 11.8 Å². The average Bonchev–Trinajstić information content (AvgIpc) is 2.69. The van der Waals surface area contributed by atoms with Gasteiger partial charge in [-0.25, -0.2) is 0 Å². The van der Waals surface area contributed by atoms with Crippen LogP contribution >= 0.6 is 36.6 Å². The SMILES string of the molecule is Cl.Cl.NC(CC(=O)Nc1ccc(CCN2CCSCC2)cc1)c1ccccc1. The molecule has 0 aliphatic carbocycles. The fraction of sp³-hybridized carbons (Fsp3) is 0.381. The van der Waals surface area contributed by atoms with E-state index in [1.54, 1.807) is 0 Å². The molecule has 1 unspecified atom stereocenters. The van der Waals surface area contributed by atoms with Gasteiger partial charge in [0.1, 0.15) is 0 Å². The standard InChI is InChI=1S/C21H27N3OS.2ClH/c22-20(18-4-2-1-3-5-18)16-21(25)23-19-8-6-17(7-9-19)10-11-24-12-14-26-15-13-24;;/h1-9,20H,10-16,22H2,(H,23,25);2*1H. The molecule has 3 rings (SSSR count). The van der Waals surface area contributed by atoms with Gasteiger partial charge < -0.3 is 16.0 Å². The number of amides is 1. The first-order valence-electron chi connectivity index (χ1n) is 9.20. The Hall–Kier alpha value is -1.24. The lowest BCUT2D eigenvalue weighted by molar-refractivity contribution is -0.116. The van der Waals surface area contributed by atoms with Gasteiger partial charge in [-0.05, 0) is 29.7 Å². The van der Waals surface area contributed by atoms with Gasteiger partial charge in [0.25, 0.3) is 0 Å². The lowest BCUT2D eigenvalue weighted by Crippen LogP contribution is -2.34. The summed E-state index contributed by atoms with van der Waals surface area (Å²) in [6.45, 7) is 3.50. The van der Waals surface area contributed by atoms with Gasteiger partial charge in [0.05, 0.1) is 0 Å². The second-order valence-electron chi connectivity index (χ2n) is 6.67. The van der Waals surface area contributed by atoms with Crippen LogP contribution in [0.3, 0.4) is 0 Å². The zero-order chi connectivity index (χ0) is 18.2. The van der Waals surface area contributed by atoms with Gasteiger partial charge in [0, 0.05) is 49.3 Å². The Morgan fingerprint density at radius 1 is 1.04 bits per heavy atom. The van der Waals surface area contributed by atoms with E-state index in [4.69, 9.17) is 5.73 Å². The summed E-state index contributed by atoms with van der Waals surface area (Å²) in [6, 6.07) is 17.6. The topological polar surface area (TPSA) is 58.4 Å². The molecule has 1 aliphatic heterocycles. The Bertz CT molecular complexity index is 695. The first kappa shape index (κ1) is 24.8. The van der Waals surface area contributed by atoms with Gasteiger partial charge in [-0.1, -0.05) is 42.5 Å². The number of hydrogen-bond donors (Lipinski definition) is 2. The molecule has 1 heterocycles. The molecule has 7 heteroatoms. The molecule has 0 spiro atoms. The van der Waals surface area contributed by atoms with Crippen molar-refractivity contribution in [3.8, 4) is 0 Å². The van der Waals surface area contributed by atoms with Crippen molar-refractivity contribution in [1.29, 1.82) is 0 Å². The zero-order valence-corrected chi connectivity index (χ0v) is 18.3. The van der Waals surface area contributed by atoms with Crippen LogP contribution < -0.4 is 11.1 Å². The Balaban J connectivity index is 0.00000196. The maximum atomic E-state index is 12.2. The lowest BCUT2D eigenvalue weighted by Gasteiger charge is -2.26. The smallest absolute Gasteiger partial charge is 0.226 e. The zero-order valence-electron chi connectivity index (χ0n) is 15.9. The fourth-order valence-electron chi connectivity index (χ4n) is 3.10. The monoisotopic (exact) mass is 441 g/mol. The second kappa shape index (κ2) is 13.1. The van der Waals surface area contributed by atoms with Crippen LogP contribution in [0.5, 0.6) is 0 Å². The van der Waals surface area contributed by atoms with E-state index < -0.39 is 0 Å². The molecule has 154 valence electrons. The molecule has 28 heavy (non-hydrogen) atoms. The molecule has 0 saturated carbocycles. The van der Waals surface area contributed by atoms with E-state index in [0.717, 1.165) is 24.2 Å². The van der Waals surface area contributed by atoms with Crippen molar-refractivity contribution in [2.75, 3.05) is 36.5 Å². The molecule has 2 aromatic carbocycles. The number of carbonyl (C=O) groups excluding carboxylic acids is 1. The van der Waals surface area contributed by atoms with Crippen molar-refractivity contribution in [3.63, 3.8) is 0 Å². The molecule has 2 aromatic rings. The average molecular weight is 442 g/mol. The van der Waals surface area contributed by atoms with Crippen LogP contribution in [0.25, 0.3) is 0 Å². The van der Waals surface area contributed by atoms with Gasteiger partial charge >= 0.3 is 0 Å². The number of nitrogens with two attached hydrogens (primary N) is 1. The Labute approximate surface area is 184 Å². The summed E-state index contributed by atoms with van der Waals surface area (Å²) >= 11 is 2.04. The largest absolute Gasteiger partial charge is 0.326 e. The number of hydrogen-bond acceptors (Lipinski definition) is 4. The molecule has 1 fully saturated rings. The maximum Gasteiger partial charge on any atom is 0.226 e. The van der Waals surface area contributed by atoms with E-state index in [9.17, 15) is 4.79 Å². The van der Waals surface area contributed by atoms with Crippen molar-refractivity contribution in [1.82, 2.24) is 4.90 Å². The fourth-order valence-corrected chi connectivity index (χ4v) is 4.08. The third-order valence-electron chi connectivity index (χ3n) is 4.69. The molecular formula is C21H29Cl2N3OS. The summed E-state index contributed by atoms with van der Waals surface area (Å²) in [5, 5.41) is 2.94. The molecule has 0 radical (unpaired) electrons. The molecule has 1 aliphatic rings. The molecule has 1 amide bonds. The summed E-state index contributed by atoms with van der Waals surface area (Å²) in [7, 11) is 0. The number of benzene rings is 2.